The molecule has 0 aromatic heterocycles. The molecule has 140 valence electrons. The minimum atomic E-state index is -0.445. The van der Waals surface area contributed by atoms with Gasteiger partial charge in [-0.15, -0.1) is 0 Å². The van der Waals surface area contributed by atoms with Crippen LogP contribution in [0.25, 0.3) is 0 Å². The average Bonchev–Trinajstić information content (AvgIpc) is 2.56. The quantitative estimate of drug-likeness (QED) is 0.796. The zero-order valence-corrected chi connectivity index (χ0v) is 15.7. The number of ether oxygens (including phenoxy) is 3. The van der Waals surface area contributed by atoms with E-state index in [0.717, 1.165) is 24.3 Å². The number of likely N-dealkylation sites (tertiary alicyclic amines) is 1. The van der Waals surface area contributed by atoms with Gasteiger partial charge in [0.15, 0.2) is 0 Å². The Morgan fingerprint density at radius 3 is 2.36 bits per heavy atom. The number of hydrogen-bond donors (Lipinski definition) is 1. The molecular formula is C19H30N2O4. The molecule has 1 aliphatic rings. The Kier molecular flexibility index (Phi) is 6.93. The van der Waals surface area contributed by atoms with Crippen molar-refractivity contribution in [2.45, 2.75) is 45.3 Å². The first kappa shape index (κ1) is 19.4. The predicted octanol–water partition coefficient (Wildman–Crippen LogP) is 3.52. The average molecular weight is 350 g/mol. The molecule has 0 radical (unpaired) electrons. The maximum absolute atomic E-state index is 12.1. The van der Waals surface area contributed by atoms with Crippen molar-refractivity contribution in [2.75, 3.05) is 38.7 Å². The summed E-state index contributed by atoms with van der Waals surface area (Å²) in [5.41, 5.74) is 0.619. The van der Waals surface area contributed by atoms with Gasteiger partial charge in [-0.05, 0) is 57.9 Å². The summed E-state index contributed by atoms with van der Waals surface area (Å²) in [6.45, 7) is 8.23. The number of carbonyl (C=O) groups excluding carboxylic acids is 1. The second-order valence-electron chi connectivity index (χ2n) is 7.25. The first-order valence-electron chi connectivity index (χ1n) is 8.83. The van der Waals surface area contributed by atoms with Crippen LogP contribution in [0, 0.1) is 0 Å². The van der Waals surface area contributed by atoms with Crippen LogP contribution in [0.5, 0.6) is 5.75 Å². The van der Waals surface area contributed by atoms with Gasteiger partial charge < -0.3 is 24.4 Å². The van der Waals surface area contributed by atoms with Crippen LogP contribution >= 0.6 is 0 Å². The molecule has 2 rings (SSSR count). The number of carbonyl (C=O) groups is 1. The highest BCUT2D eigenvalue weighted by atomic mass is 16.6. The number of hydrogen-bond acceptors (Lipinski definition) is 5. The molecule has 1 heterocycles. The van der Waals surface area contributed by atoms with Gasteiger partial charge in [-0.25, -0.2) is 4.79 Å². The van der Waals surface area contributed by atoms with Crippen molar-refractivity contribution in [1.29, 1.82) is 0 Å². The molecule has 0 saturated carbocycles. The SMILES string of the molecule is COCCOc1ccc(NC2CCN(C(=O)OC(C)(C)C)CC2)cc1. The van der Waals surface area contributed by atoms with Crippen LogP contribution in [-0.4, -0.2) is 56.0 Å². The third-order valence-electron chi connectivity index (χ3n) is 3.93. The molecule has 25 heavy (non-hydrogen) atoms. The molecule has 6 nitrogen and oxygen atoms in total. The largest absolute Gasteiger partial charge is 0.491 e. The zero-order chi connectivity index (χ0) is 18.3. The van der Waals surface area contributed by atoms with Crippen LogP contribution in [0.4, 0.5) is 10.5 Å². The van der Waals surface area contributed by atoms with Crippen molar-refractivity contribution in [2.24, 2.45) is 0 Å². The van der Waals surface area contributed by atoms with Crippen molar-refractivity contribution in [3.63, 3.8) is 0 Å². The summed E-state index contributed by atoms with van der Waals surface area (Å²) in [5, 5.41) is 3.52. The Labute approximate surface area is 150 Å². The van der Waals surface area contributed by atoms with Gasteiger partial charge >= 0.3 is 6.09 Å². The fraction of sp³-hybridized carbons (Fsp3) is 0.632. The lowest BCUT2D eigenvalue weighted by molar-refractivity contribution is 0.0210. The molecular weight excluding hydrogens is 320 g/mol. The van der Waals surface area contributed by atoms with Crippen LogP contribution in [0.1, 0.15) is 33.6 Å². The van der Waals surface area contributed by atoms with E-state index in [1.165, 1.54) is 0 Å². The smallest absolute Gasteiger partial charge is 0.410 e. The van der Waals surface area contributed by atoms with E-state index in [1.807, 2.05) is 45.0 Å². The van der Waals surface area contributed by atoms with Crippen LogP contribution in [0.15, 0.2) is 24.3 Å². The molecule has 0 bridgehead atoms. The van der Waals surface area contributed by atoms with Crippen molar-refractivity contribution < 1.29 is 19.0 Å². The number of piperidine rings is 1. The summed E-state index contributed by atoms with van der Waals surface area (Å²) >= 11 is 0. The van der Waals surface area contributed by atoms with E-state index in [1.54, 1.807) is 12.0 Å². The third-order valence-corrected chi connectivity index (χ3v) is 3.93. The van der Waals surface area contributed by atoms with E-state index in [4.69, 9.17) is 14.2 Å². The van der Waals surface area contributed by atoms with Crippen LogP contribution in [0.2, 0.25) is 0 Å². The minimum Gasteiger partial charge on any atom is -0.491 e. The summed E-state index contributed by atoms with van der Waals surface area (Å²) in [4.78, 5) is 13.9. The standard InChI is InChI=1S/C19H30N2O4/c1-19(2,3)25-18(22)21-11-9-16(10-12-21)20-15-5-7-17(8-6-15)24-14-13-23-4/h5-8,16,20H,9-14H2,1-4H3. The Morgan fingerprint density at radius 1 is 1.16 bits per heavy atom. The van der Waals surface area contributed by atoms with Gasteiger partial charge in [0, 0.05) is 31.9 Å². The van der Waals surface area contributed by atoms with Gasteiger partial charge in [0.1, 0.15) is 18.0 Å². The highest BCUT2D eigenvalue weighted by Crippen LogP contribution is 2.21. The zero-order valence-electron chi connectivity index (χ0n) is 15.7. The van der Waals surface area contributed by atoms with Gasteiger partial charge in [0.05, 0.1) is 6.61 Å². The highest BCUT2D eigenvalue weighted by Gasteiger charge is 2.26. The van der Waals surface area contributed by atoms with Gasteiger partial charge in [0.2, 0.25) is 0 Å². The van der Waals surface area contributed by atoms with Crippen molar-refractivity contribution in [1.82, 2.24) is 4.90 Å². The molecule has 1 aromatic rings. The van der Waals surface area contributed by atoms with Crippen LogP contribution < -0.4 is 10.1 Å². The van der Waals surface area contributed by atoms with E-state index < -0.39 is 5.60 Å². The molecule has 6 heteroatoms. The lowest BCUT2D eigenvalue weighted by Gasteiger charge is -2.34. The van der Waals surface area contributed by atoms with Crippen LogP contribution in [0.3, 0.4) is 0 Å². The Hall–Kier alpha value is -1.95. The molecule has 1 aromatic carbocycles. The Balaban J connectivity index is 1.75. The molecule has 1 amide bonds. The molecule has 0 atom stereocenters. The fourth-order valence-electron chi connectivity index (χ4n) is 2.66. The van der Waals surface area contributed by atoms with Gasteiger partial charge in [-0.3, -0.25) is 0 Å². The lowest BCUT2D eigenvalue weighted by Crippen LogP contribution is -2.44. The van der Waals surface area contributed by atoms with E-state index >= 15 is 0 Å². The van der Waals surface area contributed by atoms with Crippen molar-refractivity contribution in [3.8, 4) is 5.75 Å². The van der Waals surface area contributed by atoms with Gasteiger partial charge in [-0.2, -0.15) is 0 Å². The molecule has 1 saturated heterocycles. The van der Waals surface area contributed by atoms with Gasteiger partial charge in [-0.1, -0.05) is 0 Å². The monoisotopic (exact) mass is 350 g/mol. The van der Waals surface area contributed by atoms with E-state index in [2.05, 4.69) is 5.32 Å². The number of rotatable bonds is 6. The number of anilines is 1. The summed E-state index contributed by atoms with van der Waals surface area (Å²) in [7, 11) is 1.66. The molecule has 1 aliphatic heterocycles. The van der Waals surface area contributed by atoms with E-state index in [9.17, 15) is 4.79 Å². The first-order chi connectivity index (χ1) is 11.9. The number of nitrogens with one attached hydrogen (secondary N) is 1. The fourth-order valence-corrected chi connectivity index (χ4v) is 2.66. The number of amides is 1. The van der Waals surface area contributed by atoms with Crippen molar-refractivity contribution in [3.05, 3.63) is 24.3 Å². The number of nitrogens with zero attached hydrogens (tertiary/aromatic N) is 1. The summed E-state index contributed by atoms with van der Waals surface area (Å²) < 4.78 is 16.0. The summed E-state index contributed by atoms with van der Waals surface area (Å²) in [6, 6.07) is 8.30. The summed E-state index contributed by atoms with van der Waals surface area (Å²) in [6.07, 6.45) is 1.60. The molecule has 1 fully saturated rings. The predicted molar refractivity (Wildman–Crippen MR) is 98.3 cm³/mol. The third kappa shape index (κ3) is 6.82. The highest BCUT2D eigenvalue weighted by molar-refractivity contribution is 5.68. The molecule has 0 spiro atoms. The summed E-state index contributed by atoms with van der Waals surface area (Å²) in [5.74, 6) is 0.836. The molecule has 0 aliphatic carbocycles. The van der Waals surface area contributed by atoms with E-state index in [-0.39, 0.29) is 6.09 Å². The normalized spacial score (nSPS) is 15.8. The number of benzene rings is 1. The second-order valence-corrected chi connectivity index (χ2v) is 7.25. The maximum atomic E-state index is 12.1. The Bertz CT molecular complexity index is 531. The minimum absolute atomic E-state index is 0.219. The topological polar surface area (TPSA) is 60.0 Å². The lowest BCUT2D eigenvalue weighted by atomic mass is 10.0. The molecule has 1 N–H and O–H groups in total. The van der Waals surface area contributed by atoms with Crippen molar-refractivity contribution >= 4 is 11.8 Å². The first-order valence-corrected chi connectivity index (χ1v) is 8.83. The maximum Gasteiger partial charge on any atom is 0.410 e. The Morgan fingerprint density at radius 2 is 1.80 bits per heavy atom. The van der Waals surface area contributed by atoms with Gasteiger partial charge in [0.25, 0.3) is 0 Å². The second kappa shape index (κ2) is 8.94. The van der Waals surface area contributed by atoms with Crippen LogP contribution in [-0.2, 0) is 9.47 Å². The van der Waals surface area contributed by atoms with E-state index in [0.29, 0.717) is 32.3 Å². The molecule has 0 unspecified atom stereocenters. The number of methoxy groups -OCH3 is 1.